The van der Waals surface area contributed by atoms with Crippen molar-refractivity contribution in [2.45, 2.75) is 12.8 Å². The molecule has 1 saturated carbocycles. The van der Waals surface area contributed by atoms with Crippen molar-refractivity contribution in [1.82, 2.24) is 5.32 Å². The van der Waals surface area contributed by atoms with E-state index in [2.05, 4.69) is 5.32 Å². The van der Waals surface area contributed by atoms with Crippen molar-refractivity contribution < 1.29 is 15.0 Å². The van der Waals surface area contributed by atoms with Crippen molar-refractivity contribution in [2.75, 3.05) is 13.2 Å². The second kappa shape index (κ2) is 5.20. The Kier molecular flexibility index (Phi) is 3.51. The number of carbonyl (C=O) groups is 1. The highest BCUT2D eigenvalue weighted by Crippen LogP contribution is 2.44. The van der Waals surface area contributed by atoms with Crippen molar-refractivity contribution >= 4 is 28.3 Å². The van der Waals surface area contributed by atoms with Crippen molar-refractivity contribution in [1.29, 1.82) is 0 Å². The van der Waals surface area contributed by atoms with Gasteiger partial charge in [0.05, 0.1) is 12.2 Å². The molecule has 0 aromatic heterocycles. The fourth-order valence-corrected chi connectivity index (χ4v) is 2.69. The summed E-state index contributed by atoms with van der Waals surface area (Å²) in [4.78, 5) is 12.2. The van der Waals surface area contributed by atoms with E-state index >= 15 is 0 Å². The molecule has 1 amide bonds. The minimum atomic E-state index is -0.375. The topological polar surface area (TPSA) is 69.6 Å². The van der Waals surface area contributed by atoms with E-state index in [9.17, 15) is 15.0 Å². The molecular formula is C16H16ClNO3. The van der Waals surface area contributed by atoms with Crippen LogP contribution in [0.2, 0.25) is 5.02 Å². The Hall–Kier alpha value is -1.78. The minimum Gasteiger partial charge on any atom is -0.506 e. The van der Waals surface area contributed by atoms with Crippen molar-refractivity contribution in [3.63, 3.8) is 0 Å². The van der Waals surface area contributed by atoms with E-state index in [4.69, 9.17) is 11.6 Å². The largest absolute Gasteiger partial charge is 0.506 e. The number of phenolic OH excluding ortho intramolecular Hbond substituents is 1. The van der Waals surface area contributed by atoms with Gasteiger partial charge in [-0.1, -0.05) is 35.9 Å². The van der Waals surface area contributed by atoms with Crippen LogP contribution in [0.5, 0.6) is 5.75 Å². The lowest BCUT2D eigenvalue weighted by atomic mass is 10.0. The summed E-state index contributed by atoms with van der Waals surface area (Å²) < 4.78 is 0. The fourth-order valence-electron chi connectivity index (χ4n) is 2.42. The predicted molar refractivity (Wildman–Crippen MR) is 81.7 cm³/mol. The van der Waals surface area contributed by atoms with E-state index in [1.54, 1.807) is 18.2 Å². The van der Waals surface area contributed by atoms with E-state index in [-0.39, 0.29) is 29.2 Å². The Bertz CT molecular complexity index is 710. The van der Waals surface area contributed by atoms with Crippen LogP contribution in [0.1, 0.15) is 23.2 Å². The summed E-state index contributed by atoms with van der Waals surface area (Å²) in [5.41, 5.74) is -0.0150. The summed E-state index contributed by atoms with van der Waals surface area (Å²) in [5.74, 6) is -0.443. The molecule has 5 heteroatoms. The summed E-state index contributed by atoms with van der Waals surface area (Å²) >= 11 is 6.18. The molecule has 0 bridgehead atoms. The van der Waals surface area contributed by atoms with Gasteiger partial charge in [-0.15, -0.1) is 0 Å². The van der Waals surface area contributed by atoms with Gasteiger partial charge in [0, 0.05) is 27.8 Å². The number of aromatic hydroxyl groups is 1. The third-order valence-electron chi connectivity index (χ3n) is 4.13. The van der Waals surface area contributed by atoms with Gasteiger partial charge in [0.15, 0.2) is 0 Å². The lowest BCUT2D eigenvalue weighted by Gasteiger charge is -2.14. The minimum absolute atomic E-state index is 0.0672. The van der Waals surface area contributed by atoms with Crippen LogP contribution < -0.4 is 5.32 Å². The Morgan fingerprint density at radius 2 is 1.95 bits per heavy atom. The molecule has 0 atom stereocenters. The molecule has 0 radical (unpaired) electrons. The van der Waals surface area contributed by atoms with Crippen molar-refractivity contribution in [3.05, 3.63) is 40.9 Å². The summed E-state index contributed by atoms with van der Waals surface area (Å²) in [6.45, 7) is 0.476. The van der Waals surface area contributed by atoms with Gasteiger partial charge in [0.1, 0.15) is 5.75 Å². The molecule has 0 saturated heterocycles. The number of aliphatic hydroxyl groups is 1. The highest BCUT2D eigenvalue weighted by Gasteiger charge is 2.42. The fraction of sp³-hybridized carbons (Fsp3) is 0.312. The van der Waals surface area contributed by atoms with E-state index in [1.165, 1.54) is 6.07 Å². The van der Waals surface area contributed by atoms with E-state index in [1.807, 2.05) is 6.07 Å². The highest BCUT2D eigenvalue weighted by atomic mass is 35.5. The first kappa shape index (κ1) is 14.2. The predicted octanol–water partition coefficient (Wildman–Crippen LogP) is 2.70. The van der Waals surface area contributed by atoms with Crippen LogP contribution in [0.4, 0.5) is 0 Å². The van der Waals surface area contributed by atoms with Crippen LogP contribution in [0.3, 0.4) is 0 Å². The zero-order chi connectivity index (χ0) is 15.0. The van der Waals surface area contributed by atoms with E-state index in [0.717, 1.165) is 12.8 Å². The van der Waals surface area contributed by atoms with Crippen LogP contribution in [0.25, 0.3) is 10.8 Å². The lowest BCUT2D eigenvalue weighted by Crippen LogP contribution is -2.31. The first-order valence-corrected chi connectivity index (χ1v) is 7.23. The normalized spacial score (nSPS) is 15.9. The molecule has 0 heterocycles. The summed E-state index contributed by atoms with van der Waals surface area (Å²) in [5, 5.41) is 24.0. The second-order valence-electron chi connectivity index (χ2n) is 5.64. The van der Waals surface area contributed by atoms with Gasteiger partial charge < -0.3 is 15.5 Å². The molecule has 3 N–H and O–H groups in total. The smallest absolute Gasteiger partial charge is 0.255 e. The second-order valence-corrected chi connectivity index (χ2v) is 6.05. The molecule has 0 unspecified atom stereocenters. The number of amides is 1. The van der Waals surface area contributed by atoms with Crippen molar-refractivity contribution in [3.8, 4) is 5.75 Å². The number of carbonyl (C=O) groups excluding carboxylic acids is 1. The lowest BCUT2D eigenvalue weighted by molar-refractivity contribution is 0.0933. The quantitative estimate of drug-likeness (QED) is 0.813. The summed E-state index contributed by atoms with van der Waals surface area (Å²) in [7, 11) is 0. The molecule has 21 heavy (non-hydrogen) atoms. The molecule has 110 valence electrons. The Morgan fingerprint density at radius 3 is 2.57 bits per heavy atom. The maximum atomic E-state index is 12.2. The number of rotatable bonds is 4. The monoisotopic (exact) mass is 305 g/mol. The Balaban J connectivity index is 1.89. The van der Waals surface area contributed by atoms with Crippen LogP contribution in [0, 0.1) is 5.41 Å². The Labute approximate surface area is 127 Å². The standard InChI is InChI=1S/C16H16ClNO3/c17-13-7-12(14(20)11-4-2-1-3-10(11)13)15(21)18-8-16(9-19)5-6-16/h1-4,7,19-20H,5-6,8-9H2,(H,18,21). The van der Waals surface area contributed by atoms with Crippen molar-refractivity contribution in [2.24, 2.45) is 5.41 Å². The Morgan fingerprint density at radius 1 is 1.29 bits per heavy atom. The van der Waals surface area contributed by atoms with Crippen LogP contribution >= 0.6 is 11.6 Å². The third kappa shape index (κ3) is 2.57. The molecule has 1 aliphatic carbocycles. The van der Waals surface area contributed by atoms with Gasteiger partial charge in [-0.3, -0.25) is 4.79 Å². The first-order chi connectivity index (χ1) is 10.1. The van der Waals surface area contributed by atoms with Crippen LogP contribution in [-0.4, -0.2) is 29.3 Å². The SMILES string of the molecule is O=C(NCC1(CO)CC1)c1cc(Cl)c2ccccc2c1O. The molecule has 0 aliphatic heterocycles. The molecule has 2 aromatic carbocycles. The number of benzene rings is 2. The zero-order valence-corrected chi connectivity index (χ0v) is 12.2. The zero-order valence-electron chi connectivity index (χ0n) is 11.4. The molecular weight excluding hydrogens is 290 g/mol. The van der Waals surface area contributed by atoms with Crippen LogP contribution in [-0.2, 0) is 0 Å². The van der Waals surface area contributed by atoms with Gasteiger partial charge in [-0.2, -0.15) is 0 Å². The molecule has 1 fully saturated rings. The van der Waals surface area contributed by atoms with Crippen LogP contribution in [0.15, 0.2) is 30.3 Å². The number of aliphatic hydroxyl groups excluding tert-OH is 1. The number of hydrogen-bond donors (Lipinski definition) is 3. The van der Waals surface area contributed by atoms with Gasteiger partial charge >= 0.3 is 0 Å². The van der Waals surface area contributed by atoms with E-state index in [0.29, 0.717) is 22.3 Å². The molecule has 0 spiro atoms. The van der Waals surface area contributed by atoms with E-state index < -0.39 is 0 Å². The maximum absolute atomic E-state index is 12.2. The number of halogens is 1. The molecule has 3 rings (SSSR count). The van der Waals surface area contributed by atoms with Gasteiger partial charge in [0.2, 0.25) is 0 Å². The number of nitrogens with one attached hydrogen (secondary N) is 1. The van der Waals surface area contributed by atoms with Gasteiger partial charge in [0.25, 0.3) is 5.91 Å². The highest BCUT2D eigenvalue weighted by molar-refractivity contribution is 6.36. The van der Waals surface area contributed by atoms with Gasteiger partial charge in [-0.05, 0) is 18.9 Å². The number of fused-ring (bicyclic) bond motifs is 1. The third-order valence-corrected chi connectivity index (χ3v) is 4.44. The van der Waals surface area contributed by atoms with Gasteiger partial charge in [-0.25, -0.2) is 0 Å². The number of phenols is 1. The maximum Gasteiger partial charge on any atom is 0.255 e. The molecule has 1 aliphatic rings. The summed E-state index contributed by atoms with van der Waals surface area (Å²) in [6.07, 6.45) is 1.82. The molecule has 4 nitrogen and oxygen atoms in total. The number of hydrogen-bond acceptors (Lipinski definition) is 3. The average Bonchev–Trinajstić information content (AvgIpc) is 3.29. The molecule has 2 aromatic rings. The first-order valence-electron chi connectivity index (χ1n) is 6.86. The average molecular weight is 306 g/mol. The summed E-state index contributed by atoms with van der Waals surface area (Å²) in [6, 6.07) is 8.61.